The molecule has 25 heavy (non-hydrogen) atoms. The normalized spacial score (nSPS) is 18.1. The summed E-state index contributed by atoms with van der Waals surface area (Å²) in [4.78, 5) is 37.1. The largest absolute Gasteiger partial charge is 0.323 e. The van der Waals surface area contributed by atoms with Gasteiger partial charge < -0.3 is 5.32 Å². The number of hydrogen-bond donors (Lipinski definition) is 1. The van der Waals surface area contributed by atoms with Gasteiger partial charge in [0.15, 0.2) is 0 Å². The molecule has 1 aromatic carbocycles. The highest BCUT2D eigenvalue weighted by Crippen LogP contribution is 2.30. The summed E-state index contributed by atoms with van der Waals surface area (Å²) in [6.45, 7) is 3.33. The minimum atomic E-state index is -0.331. The third kappa shape index (κ3) is 2.87. The highest BCUT2D eigenvalue weighted by Gasteiger charge is 2.33. The molecular weight excluding hydrogens is 318 g/mol. The molecule has 1 N–H and O–H groups in total. The van der Waals surface area contributed by atoms with Crippen molar-refractivity contribution in [2.45, 2.75) is 25.9 Å². The number of aromatic nitrogens is 2. The molecule has 0 saturated carbocycles. The van der Waals surface area contributed by atoms with E-state index in [1.807, 2.05) is 37.4 Å². The Hall–Kier alpha value is -2.80. The molecule has 2 amide bonds. The van der Waals surface area contributed by atoms with Gasteiger partial charge >= 0.3 is 0 Å². The number of amides is 2. The molecule has 7 nitrogen and oxygen atoms in total. The summed E-state index contributed by atoms with van der Waals surface area (Å²) < 4.78 is 0. The van der Waals surface area contributed by atoms with Gasteiger partial charge in [-0.25, -0.2) is 9.97 Å². The maximum absolute atomic E-state index is 13.1. The molecule has 0 fully saturated rings. The van der Waals surface area contributed by atoms with Crippen LogP contribution in [-0.2, 0) is 22.6 Å². The van der Waals surface area contributed by atoms with Crippen molar-refractivity contribution in [3.05, 3.63) is 48.0 Å². The zero-order valence-corrected chi connectivity index (χ0v) is 14.0. The second-order valence-electron chi connectivity index (χ2n) is 6.38. The topological polar surface area (TPSA) is 78.4 Å². The van der Waals surface area contributed by atoms with Crippen LogP contribution < -0.4 is 10.2 Å². The van der Waals surface area contributed by atoms with Crippen molar-refractivity contribution >= 4 is 23.2 Å². The Morgan fingerprint density at radius 1 is 1.28 bits per heavy atom. The monoisotopic (exact) mass is 337 g/mol. The van der Waals surface area contributed by atoms with Gasteiger partial charge in [-0.05, 0) is 31.0 Å². The van der Waals surface area contributed by atoms with Crippen molar-refractivity contribution in [3.8, 4) is 0 Å². The number of para-hydroxylation sites is 2. The van der Waals surface area contributed by atoms with E-state index < -0.39 is 0 Å². The Kier molecular flexibility index (Phi) is 3.93. The Morgan fingerprint density at radius 2 is 2.12 bits per heavy atom. The fraction of sp³-hybridized carbons (Fsp3) is 0.333. The van der Waals surface area contributed by atoms with E-state index in [4.69, 9.17) is 0 Å². The average molecular weight is 337 g/mol. The summed E-state index contributed by atoms with van der Waals surface area (Å²) in [6, 6.07) is 7.05. The molecule has 2 aliphatic heterocycles. The zero-order valence-electron chi connectivity index (χ0n) is 14.0. The first-order chi connectivity index (χ1) is 12.1. The van der Waals surface area contributed by atoms with Crippen molar-refractivity contribution in [2.24, 2.45) is 0 Å². The summed E-state index contributed by atoms with van der Waals surface area (Å²) in [5.41, 5.74) is 3.54. The third-order valence-electron chi connectivity index (χ3n) is 4.84. The van der Waals surface area contributed by atoms with E-state index in [0.717, 1.165) is 29.9 Å². The second kappa shape index (κ2) is 6.25. The molecule has 1 aromatic heterocycles. The van der Waals surface area contributed by atoms with Crippen LogP contribution in [0.5, 0.6) is 0 Å². The SMILES string of the molecule is C[C@H](C(=O)N1CC(=O)Nc2ccccc21)N1CCc2cncnc2C1. The maximum atomic E-state index is 13.1. The van der Waals surface area contributed by atoms with E-state index >= 15 is 0 Å². The van der Waals surface area contributed by atoms with Gasteiger partial charge in [0.25, 0.3) is 0 Å². The van der Waals surface area contributed by atoms with Crippen LogP contribution in [0.3, 0.4) is 0 Å². The van der Waals surface area contributed by atoms with E-state index in [2.05, 4.69) is 20.2 Å². The van der Waals surface area contributed by atoms with E-state index in [1.165, 1.54) is 0 Å². The smallest absolute Gasteiger partial charge is 0.244 e. The van der Waals surface area contributed by atoms with Crippen LogP contribution in [0.25, 0.3) is 0 Å². The number of carbonyl (C=O) groups is 2. The molecular formula is C18H19N5O2. The minimum Gasteiger partial charge on any atom is -0.323 e. The lowest BCUT2D eigenvalue weighted by molar-refractivity contribution is -0.125. The van der Waals surface area contributed by atoms with Crippen LogP contribution in [-0.4, -0.2) is 45.8 Å². The van der Waals surface area contributed by atoms with Crippen molar-refractivity contribution in [3.63, 3.8) is 0 Å². The number of nitrogens with one attached hydrogen (secondary N) is 1. The summed E-state index contributed by atoms with van der Waals surface area (Å²) in [7, 11) is 0. The van der Waals surface area contributed by atoms with Gasteiger partial charge in [-0.1, -0.05) is 12.1 Å². The van der Waals surface area contributed by atoms with Gasteiger partial charge in [-0.15, -0.1) is 0 Å². The molecule has 3 heterocycles. The second-order valence-corrected chi connectivity index (χ2v) is 6.38. The van der Waals surface area contributed by atoms with Crippen LogP contribution in [0.1, 0.15) is 18.2 Å². The molecule has 1 atom stereocenters. The highest BCUT2D eigenvalue weighted by atomic mass is 16.2. The van der Waals surface area contributed by atoms with Gasteiger partial charge in [0.2, 0.25) is 11.8 Å². The van der Waals surface area contributed by atoms with Crippen LogP contribution in [0.2, 0.25) is 0 Å². The zero-order chi connectivity index (χ0) is 17.4. The number of fused-ring (bicyclic) bond motifs is 2. The van der Waals surface area contributed by atoms with Crippen LogP contribution >= 0.6 is 0 Å². The minimum absolute atomic E-state index is 0.0484. The average Bonchev–Trinajstić information content (AvgIpc) is 2.65. The van der Waals surface area contributed by atoms with Gasteiger partial charge in [0.05, 0.1) is 23.1 Å². The van der Waals surface area contributed by atoms with Gasteiger partial charge in [0.1, 0.15) is 12.9 Å². The highest BCUT2D eigenvalue weighted by molar-refractivity contribution is 6.11. The Bertz CT molecular complexity index is 838. The Balaban J connectivity index is 1.56. The van der Waals surface area contributed by atoms with Crippen molar-refractivity contribution < 1.29 is 9.59 Å². The van der Waals surface area contributed by atoms with Crippen molar-refractivity contribution in [1.82, 2.24) is 14.9 Å². The van der Waals surface area contributed by atoms with Gasteiger partial charge in [0, 0.05) is 19.3 Å². The first-order valence-electron chi connectivity index (χ1n) is 8.35. The first kappa shape index (κ1) is 15.7. The summed E-state index contributed by atoms with van der Waals surface area (Å²) in [5, 5.41) is 2.81. The van der Waals surface area contributed by atoms with Crippen LogP contribution in [0.4, 0.5) is 11.4 Å². The Morgan fingerprint density at radius 3 is 3.00 bits per heavy atom. The van der Waals surface area contributed by atoms with Crippen molar-refractivity contribution in [2.75, 3.05) is 23.3 Å². The number of benzene rings is 1. The molecule has 0 saturated heterocycles. The Labute approximate surface area is 145 Å². The molecule has 0 unspecified atom stereocenters. The summed E-state index contributed by atoms with van der Waals surface area (Å²) in [5.74, 6) is -0.240. The summed E-state index contributed by atoms with van der Waals surface area (Å²) >= 11 is 0. The predicted octanol–water partition coefficient (Wildman–Crippen LogP) is 1.21. The molecule has 4 rings (SSSR count). The fourth-order valence-electron chi connectivity index (χ4n) is 3.41. The van der Waals surface area contributed by atoms with Crippen LogP contribution in [0.15, 0.2) is 36.8 Å². The third-order valence-corrected chi connectivity index (χ3v) is 4.84. The molecule has 0 aliphatic carbocycles. The van der Waals surface area contributed by atoms with Gasteiger partial charge in [-0.2, -0.15) is 0 Å². The number of anilines is 2. The molecule has 0 spiro atoms. The molecule has 0 bridgehead atoms. The van der Waals surface area contributed by atoms with E-state index in [0.29, 0.717) is 12.2 Å². The molecule has 128 valence electrons. The lowest BCUT2D eigenvalue weighted by Gasteiger charge is -2.36. The number of rotatable bonds is 2. The predicted molar refractivity (Wildman–Crippen MR) is 93.0 cm³/mol. The molecule has 2 aromatic rings. The summed E-state index contributed by atoms with van der Waals surface area (Å²) in [6.07, 6.45) is 4.21. The van der Waals surface area contributed by atoms with E-state index in [1.54, 1.807) is 11.2 Å². The molecule has 2 aliphatic rings. The fourth-order valence-corrected chi connectivity index (χ4v) is 3.41. The molecule has 0 radical (unpaired) electrons. The number of nitrogens with zero attached hydrogens (tertiary/aromatic N) is 4. The van der Waals surface area contributed by atoms with E-state index in [9.17, 15) is 9.59 Å². The lowest BCUT2D eigenvalue weighted by atomic mass is 10.0. The van der Waals surface area contributed by atoms with Gasteiger partial charge in [-0.3, -0.25) is 19.4 Å². The maximum Gasteiger partial charge on any atom is 0.244 e. The quantitative estimate of drug-likeness (QED) is 0.891. The number of hydrogen-bond acceptors (Lipinski definition) is 5. The lowest BCUT2D eigenvalue weighted by Crippen LogP contribution is -2.52. The molecule has 7 heteroatoms. The van der Waals surface area contributed by atoms with Crippen molar-refractivity contribution in [1.29, 1.82) is 0 Å². The van der Waals surface area contributed by atoms with E-state index in [-0.39, 0.29) is 24.4 Å². The standard InChI is InChI=1S/C18H19N5O2/c1-12(22-7-6-13-8-19-11-20-15(13)9-22)18(25)23-10-17(24)21-14-4-2-3-5-16(14)23/h2-5,8,11-12H,6-7,9-10H2,1H3,(H,21,24)/t12-/m1/s1. The number of carbonyl (C=O) groups excluding carboxylic acids is 2. The first-order valence-corrected chi connectivity index (χ1v) is 8.35. The van der Waals surface area contributed by atoms with Crippen LogP contribution in [0, 0.1) is 0 Å².